The van der Waals surface area contributed by atoms with E-state index in [2.05, 4.69) is 15.6 Å². The van der Waals surface area contributed by atoms with Gasteiger partial charge in [-0.3, -0.25) is 14.4 Å². The van der Waals surface area contributed by atoms with Gasteiger partial charge < -0.3 is 20.5 Å². The Morgan fingerprint density at radius 2 is 1.90 bits per heavy atom. The molecule has 31 heavy (non-hydrogen) atoms. The van der Waals surface area contributed by atoms with Crippen LogP contribution in [0.25, 0.3) is 10.9 Å². The van der Waals surface area contributed by atoms with Gasteiger partial charge in [0.1, 0.15) is 6.04 Å². The summed E-state index contributed by atoms with van der Waals surface area (Å²) in [6, 6.07) is 12.7. The molecule has 1 aliphatic heterocycles. The van der Waals surface area contributed by atoms with E-state index in [0.717, 1.165) is 33.3 Å². The first-order chi connectivity index (χ1) is 14.9. The van der Waals surface area contributed by atoms with Crippen LogP contribution in [-0.4, -0.2) is 35.3 Å². The molecule has 0 saturated carbocycles. The highest BCUT2D eigenvalue weighted by atomic mass is 16.2. The highest BCUT2D eigenvalue weighted by molar-refractivity contribution is 6.35. The van der Waals surface area contributed by atoms with Gasteiger partial charge in [0.05, 0.1) is 0 Å². The Labute approximate surface area is 180 Å². The molecular formula is C24H26N4O3. The van der Waals surface area contributed by atoms with Crippen molar-refractivity contribution in [1.29, 1.82) is 0 Å². The minimum Gasteiger partial charge on any atom is -0.361 e. The molecule has 1 aliphatic rings. The second-order valence-electron chi connectivity index (χ2n) is 8.14. The summed E-state index contributed by atoms with van der Waals surface area (Å²) in [4.78, 5) is 42.7. The fourth-order valence-corrected chi connectivity index (χ4v) is 4.11. The van der Waals surface area contributed by atoms with Crippen LogP contribution in [0.2, 0.25) is 0 Å². The Balaban J connectivity index is 1.40. The van der Waals surface area contributed by atoms with E-state index in [4.69, 9.17) is 0 Å². The highest BCUT2D eigenvalue weighted by Crippen LogP contribution is 2.37. The molecule has 1 unspecified atom stereocenters. The fourth-order valence-electron chi connectivity index (χ4n) is 4.11. The molecule has 0 saturated heterocycles. The van der Waals surface area contributed by atoms with Crippen LogP contribution in [0, 0.1) is 6.92 Å². The molecule has 4 rings (SSSR count). The summed E-state index contributed by atoms with van der Waals surface area (Å²) in [6.45, 7) is 6.09. The molecule has 7 nitrogen and oxygen atoms in total. The lowest BCUT2D eigenvalue weighted by Crippen LogP contribution is -2.45. The number of aromatic amines is 1. The third-order valence-corrected chi connectivity index (χ3v) is 5.59. The van der Waals surface area contributed by atoms with Gasteiger partial charge in [0, 0.05) is 40.9 Å². The fraction of sp³-hybridized carbons (Fsp3) is 0.292. The smallest absolute Gasteiger partial charge is 0.310 e. The number of amides is 3. The van der Waals surface area contributed by atoms with Crippen LogP contribution in [0.3, 0.4) is 0 Å². The SMILES string of the molecule is Cc1ccc2c(c1)C(NC(=O)C(=O)NCCc1c[nH]c3ccccc13)C(=O)N2C(C)C. The first kappa shape index (κ1) is 20.7. The van der Waals surface area contributed by atoms with Crippen LogP contribution < -0.4 is 15.5 Å². The zero-order chi connectivity index (χ0) is 22.1. The maximum Gasteiger partial charge on any atom is 0.310 e. The molecule has 160 valence electrons. The standard InChI is InChI=1S/C24H26N4O3/c1-14(2)28-20-9-8-15(3)12-18(20)21(24(28)31)27-23(30)22(29)25-11-10-16-13-26-19-7-5-4-6-17(16)19/h4-9,12-14,21,26H,10-11H2,1-3H3,(H,25,29)(H,27,30). The molecule has 3 amide bonds. The number of rotatable bonds is 5. The van der Waals surface area contributed by atoms with Crippen molar-refractivity contribution in [3.8, 4) is 0 Å². The molecule has 2 heterocycles. The molecule has 3 aromatic rings. The maximum absolute atomic E-state index is 12.9. The van der Waals surface area contributed by atoms with Crippen molar-refractivity contribution in [2.24, 2.45) is 0 Å². The average Bonchev–Trinajstić information content (AvgIpc) is 3.27. The van der Waals surface area contributed by atoms with Gasteiger partial charge in [-0.15, -0.1) is 0 Å². The van der Waals surface area contributed by atoms with Gasteiger partial charge in [-0.25, -0.2) is 0 Å². The van der Waals surface area contributed by atoms with Crippen molar-refractivity contribution < 1.29 is 14.4 Å². The number of aromatic nitrogens is 1. The van der Waals surface area contributed by atoms with E-state index in [1.165, 1.54) is 0 Å². The van der Waals surface area contributed by atoms with Crippen molar-refractivity contribution in [3.05, 3.63) is 65.4 Å². The molecule has 2 aromatic carbocycles. The predicted octanol–water partition coefficient (Wildman–Crippen LogP) is 2.75. The van der Waals surface area contributed by atoms with Gasteiger partial charge in [-0.2, -0.15) is 0 Å². The number of fused-ring (bicyclic) bond motifs is 2. The van der Waals surface area contributed by atoms with Crippen LogP contribution >= 0.6 is 0 Å². The lowest BCUT2D eigenvalue weighted by molar-refractivity contribution is -0.140. The van der Waals surface area contributed by atoms with Crippen LogP contribution in [0.1, 0.15) is 36.6 Å². The van der Waals surface area contributed by atoms with Crippen molar-refractivity contribution in [1.82, 2.24) is 15.6 Å². The number of anilines is 1. The number of carbonyl (C=O) groups excluding carboxylic acids is 3. The Kier molecular flexibility index (Phi) is 5.50. The predicted molar refractivity (Wildman–Crippen MR) is 120 cm³/mol. The van der Waals surface area contributed by atoms with Gasteiger partial charge >= 0.3 is 11.8 Å². The summed E-state index contributed by atoms with van der Waals surface area (Å²) in [6.07, 6.45) is 2.50. The molecular weight excluding hydrogens is 392 g/mol. The lowest BCUT2D eigenvalue weighted by Gasteiger charge is -2.22. The minimum absolute atomic E-state index is 0.0548. The van der Waals surface area contributed by atoms with E-state index in [-0.39, 0.29) is 11.9 Å². The van der Waals surface area contributed by atoms with Crippen LogP contribution in [0.4, 0.5) is 5.69 Å². The summed E-state index contributed by atoms with van der Waals surface area (Å²) in [5.74, 6) is -1.78. The molecule has 0 spiro atoms. The molecule has 1 aromatic heterocycles. The van der Waals surface area contributed by atoms with Crippen molar-refractivity contribution in [2.45, 2.75) is 39.3 Å². The molecule has 1 atom stereocenters. The number of nitrogens with one attached hydrogen (secondary N) is 3. The third kappa shape index (κ3) is 3.91. The zero-order valence-corrected chi connectivity index (χ0v) is 17.9. The quantitative estimate of drug-likeness (QED) is 0.556. The Hall–Kier alpha value is -3.61. The number of nitrogens with zero attached hydrogens (tertiary/aromatic N) is 1. The van der Waals surface area contributed by atoms with E-state index in [0.29, 0.717) is 13.0 Å². The van der Waals surface area contributed by atoms with Crippen molar-refractivity contribution in [3.63, 3.8) is 0 Å². The second kappa shape index (κ2) is 8.26. The van der Waals surface area contributed by atoms with Gasteiger partial charge in [-0.1, -0.05) is 35.9 Å². The molecule has 3 N–H and O–H groups in total. The molecule has 0 aliphatic carbocycles. The summed E-state index contributed by atoms with van der Waals surface area (Å²) in [5, 5.41) is 6.37. The van der Waals surface area contributed by atoms with E-state index in [9.17, 15) is 14.4 Å². The normalized spacial score (nSPS) is 15.4. The first-order valence-electron chi connectivity index (χ1n) is 10.4. The first-order valence-corrected chi connectivity index (χ1v) is 10.4. The average molecular weight is 418 g/mol. The molecule has 7 heteroatoms. The molecule has 0 radical (unpaired) electrons. The molecule has 0 fully saturated rings. The summed E-state index contributed by atoms with van der Waals surface area (Å²) >= 11 is 0. The number of carbonyl (C=O) groups is 3. The monoisotopic (exact) mass is 418 g/mol. The second-order valence-corrected chi connectivity index (χ2v) is 8.14. The van der Waals surface area contributed by atoms with Gasteiger partial charge in [0.25, 0.3) is 5.91 Å². The zero-order valence-electron chi connectivity index (χ0n) is 17.9. The van der Waals surface area contributed by atoms with Gasteiger partial charge in [-0.05, 0) is 44.9 Å². The number of aryl methyl sites for hydroxylation is 1. The summed E-state index contributed by atoms with van der Waals surface area (Å²) < 4.78 is 0. The van der Waals surface area contributed by atoms with Crippen LogP contribution in [0.5, 0.6) is 0 Å². The van der Waals surface area contributed by atoms with Crippen LogP contribution in [0.15, 0.2) is 48.7 Å². The maximum atomic E-state index is 12.9. The Morgan fingerprint density at radius 3 is 2.68 bits per heavy atom. The van der Waals surface area contributed by atoms with E-state index in [1.807, 2.05) is 69.4 Å². The van der Waals surface area contributed by atoms with E-state index >= 15 is 0 Å². The van der Waals surface area contributed by atoms with Crippen molar-refractivity contribution >= 4 is 34.3 Å². The number of hydrogen-bond acceptors (Lipinski definition) is 3. The van der Waals surface area contributed by atoms with Crippen LogP contribution in [-0.2, 0) is 20.8 Å². The van der Waals surface area contributed by atoms with Gasteiger partial charge in [0.15, 0.2) is 0 Å². The summed E-state index contributed by atoms with van der Waals surface area (Å²) in [7, 11) is 0. The van der Waals surface area contributed by atoms with Gasteiger partial charge in [0.2, 0.25) is 0 Å². The Bertz CT molecular complexity index is 1160. The largest absolute Gasteiger partial charge is 0.361 e. The Morgan fingerprint density at radius 1 is 1.13 bits per heavy atom. The topological polar surface area (TPSA) is 94.3 Å². The van der Waals surface area contributed by atoms with Crippen molar-refractivity contribution in [2.75, 3.05) is 11.4 Å². The number of para-hydroxylation sites is 1. The minimum atomic E-state index is -0.857. The highest BCUT2D eigenvalue weighted by Gasteiger charge is 2.40. The summed E-state index contributed by atoms with van der Waals surface area (Å²) in [5.41, 5.74) is 4.58. The lowest BCUT2D eigenvalue weighted by atomic mass is 10.1. The molecule has 0 bridgehead atoms. The number of benzene rings is 2. The third-order valence-electron chi connectivity index (χ3n) is 5.59. The number of H-pyrrole nitrogens is 1. The van der Waals surface area contributed by atoms with E-state index < -0.39 is 17.9 Å². The number of hydrogen-bond donors (Lipinski definition) is 3. The van der Waals surface area contributed by atoms with E-state index in [1.54, 1.807) is 4.90 Å².